The first-order valence-corrected chi connectivity index (χ1v) is 11.2. The molecule has 6 nitrogen and oxygen atoms in total. The Morgan fingerprint density at radius 1 is 1.23 bits per heavy atom. The van der Waals surface area contributed by atoms with Crippen molar-refractivity contribution in [2.75, 3.05) is 37.7 Å². The molecule has 31 heavy (non-hydrogen) atoms. The molecular weight excluding hydrogens is 390 g/mol. The topological polar surface area (TPSA) is 77.8 Å². The van der Waals surface area contributed by atoms with Gasteiger partial charge in [0.25, 0.3) is 0 Å². The summed E-state index contributed by atoms with van der Waals surface area (Å²) in [5.41, 5.74) is 4.27. The van der Waals surface area contributed by atoms with Crippen molar-refractivity contribution in [3.63, 3.8) is 0 Å². The van der Waals surface area contributed by atoms with Crippen LogP contribution < -0.4 is 19.7 Å². The summed E-state index contributed by atoms with van der Waals surface area (Å²) in [4.78, 5) is 2.23. The fourth-order valence-electron chi connectivity index (χ4n) is 4.06. The van der Waals surface area contributed by atoms with Crippen molar-refractivity contribution < 1.29 is 14.6 Å². The number of nitriles is 1. The molecule has 0 amide bonds. The minimum Gasteiger partial charge on any atom is -0.490 e. The van der Waals surface area contributed by atoms with Crippen LogP contribution in [0.4, 0.5) is 5.69 Å². The molecule has 0 saturated heterocycles. The van der Waals surface area contributed by atoms with Crippen molar-refractivity contribution in [2.45, 2.75) is 45.8 Å². The molecule has 2 aromatic rings. The fraction of sp³-hybridized carbons (Fsp3) is 0.480. The molecule has 0 radical (unpaired) electrons. The zero-order valence-electron chi connectivity index (χ0n) is 18.6. The summed E-state index contributed by atoms with van der Waals surface area (Å²) in [5, 5.41) is 22.2. The Bertz CT molecular complexity index is 894. The van der Waals surface area contributed by atoms with E-state index in [1.807, 2.05) is 44.2 Å². The first-order chi connectivity index (χ1) is 15.2. The quantitative estimate of drug-likeness (QED) is 0.401. The fourth-order valence-corrected chi connectivity index (χ4v) is 4.06. The highest BCUT2D eigenvalue weighted by Gasteiger charge is 2.23. The third-order valence-corrected chi connectivity index (χ3v) is 5.45. The molecule has 3 rings (SSSR count). The monoisotopic (exact) mass is 423 g/mol. The van der Waals surface area contributed by atoms with E-state index >= 15 is 0 Å². The minimum absolute atomic E-state index is 0.128. The molecule has 0 aliphatic carbocycles. The van der Waals surface area contributed by atoms with E-state index in [0.29, 0.717) is 6.61 Å². The van der Waals surface area contributed by atoms with Gasteiger partial charge in [0.1, 0.15) is 12.3 Å². The van der Waals surface area contributed by atoms with Gasteiger partial charge >= 0.3 is 0 Å². The average molecular weight is 424 g/mol. The summed E-state index contributed by atoms with van der Waals surface area (Å²) in [5.74, 6) is 1.50. The van der Waals surface area contributed by atoms with Crippen molar-refractivity contribution >= 4 is 5.69 Å². The maximum Gasteiger partial charge on any atom is 0.163 e. The van der Waals surface area contributed by atoms with E-state index in [1.54, 1.807) is 0 Å². The molecule has 6 heteroatoms. The summed E-state index contributed by atoms with van der Waals surface area (Å²) < 4.78 is 11.6. The van der Waals surface area contributed by atoms with Gasteiger partial charge in [-0.15, -0.1) is 0 Å². The number of rotatable bonds is 12. The summed E-state index contributed by atoms with van der Waals surface area (Å²) >= 11 is 0. The molecule has 1 atom stereocenters. The van der Waals surface area contributed by atoms with E-state index in [1.165, 1.54) is 11.1 Å². The number of para-hydroxylation sites is 2. The van der Waals surface area contributed by atoms with Crippen LogP contribution in [0.25, 0.3) is 0 Å². The molecule has 1 aliphatic heterocycles. The van der Waals surface area contributed by atoms with Crippen molar-refractivity contribution in [3.8, 4) is 17.6 Å². The molecule has 1 heterocycles. The van der Waals surface area contributed by atoms with Crippen LogP contribution in [0, 0.1) is 11.3 Å². The number of hydrogen-bond donors (Lipinski definition) is 2. The van der Waals surface area contributed by atoms with E-state index in [9.17, 15) is 5.26 Å². The van der Waals surface area contributed by atoms with Gasteiger partial charge in [0.15, 0.2) is 11.5 Å². The first kappa shape index (κ1) is 22.9. The summed E-state index contributed by atoms with van der Waals surface area (Å²) in [6.07, 6.45) is 3.43. The molecule has 0 bridgehead atoms. The molecule has 0 saturated carbocycles. The van der Waals surface area contributed by atoms with Gasteiger partial charge < -0.3 is 19.5 Å². The predicted molar refractivity (Wildman–Crippen MR) is 123 cm³/mol. The Morgan fingerprint density at radius 3 is 2.77 bits per heavy atom. The number of fused-ring (bicyclic) bond motifs is 1. The molecule has 166 valence electrons. The van der Waals surface area contributed by atoms with Crippen molar-refractivity contribution in [3.05, 3.63) is 53.1 Å². The molecule has 2 N–H and O–H groups in total. The molecule has 0 aromatic heterocycles. The number of ether oxygens (including phenoxy) is 2. The van der Waals surface area contributed by atoms with Gasteiger partial charge in [-0.1, -0.05) is 18.2 Å². The highest BCUT2D eigenvalue weighted by atomic mass is 16.5. The van der Waals surface area contributed by atoms with Gasteiger partial charge in [-0.25, -0.2) is 0 Å². The van der Waals surface area contributed by atoms with Crippen LogP contribution >= 0.6 is 0 Å². The number of anilines is 1. The van der Waals surface area contributed by atoms with Crippen molar-refractivity contribution in [1.82, 2.24) is 5.32 Å². The largest absolute Gasteiger partial charge is 0.490 e. The van der Waals surface area contributed by atoms with Crippen LogP contribution in [0.3, 0.4) is 0 Å². The number of aliphatic hydroxyl groups excluding tert-OH is 1. The minimum atomic E-state index is -0.128. The SMILES string of the molecule is CCOc1ccccc1OC(C)NCCCc1cc(C#N)c2c(c1)CCN2CCCO. The lowest BCUT2D eigenvalue weighted by Crippen LogP contribution is -2.32. The highest BCUT2D eigenvalue weighted by molar-refractivity contribution is 5.68. The average Bonchev–Trinajstić information content (AvgIpc) is 3.19. The second kappa shape index (κ2) is 11.6. The maximum absolute atomic E-state index is 9.65. The van der Waals surface area contributed by atoms with E-state index < -0.39 is 0 Å². The smallest absolute Gasteiger partial charge is 0.163 e. The van der Waals surface area contributed by atoms with Crippen LogP contribution in [0.1, 0.15) is 43.4 Å². The Hall–Kier alpha value is -2.75. The van der Waals surface area contributed by atoms with Gasteiger partial charge in [-0.3, -0.25) is 5.32 Å². The third kappa shape index (κ3) is 6.13. The van der Waals surface area contributed by atoms with E-state index in [0.717, 1.165) is 68.1 Å². The van der Waals surface area contributed by atoms with Crippen molar-refractivity contribution in [2.24, 2.45) is 0 Å². The highest BCUT2D eigenvalue weighted by Crippen LogP contribution is 2.33. The van der Waals surface area contributed by atoms with Gasteiger partial charge in [-0.05, 0) is 75.4 Å². The first-order valence-electron chi connectivity index (χ1n) is 11.2. The second-order valence-electron chi connectivity index (χ2n) is 7.77. The number of hydrogen-bond acceptors (Lipinski definition) is 6. The molecular formula is C25H33N3O3. The zero-order chi connectivity index (χ0) is 22.1. The lowest BCUT2D eigenvalue weighted by Gasteiger charge is -2.20. The maximum atomic E-state index is 9.65. The van der Waals surface area contributed by atoms with Gasteiger partial charge in [0.2, 0.25) is 0 Å². The lowest BCUT2D eigenvalue weighted by atomic mass is 10.00. The number of nitrogens with one attached hydrogen (secondary N) is 1. The Kier molecular flexibility index (Phi) is 8.57. The summed E-state index contributed by atoms with van der Waals surface area (Å²) in [6.45, 7) is 7.28. The van der Waals surface area contributed by atoms with Gasteiger partial charge in [-0.2, -0.15) is 5.26 Å². The number of aryl methyl sites for hydroxylation is 1. The number of aliphatic hydroxyl groups is 1. The van der Waals surface area contributed by atoms with E-state index in [-0.39, 0.29) is 12.8 Å². The molecule has 0 fully saturated rings. The summed E-state index contributed by atoms with van der Waals surface area (Å²) in [6, 6.07) is 14.4. The van der Waals surface area contributed by atoms with Crippen LogP contribution in [0.15, 0.2) is 36.4 Å². The van der Waals surface area contributed by atoms with Crippen LogP contribution in [-0.2, 0) is 12.8 Å². The summed E-state index contributed by atoms with van der Waals surface area (Å²) in [7, 11) is 0. The number of nitrogens with zero attached hydrogens (tertiary/aromatic N) is 2. The predicted octanol–water partition coefficient (Wildman–Crippen LogP) is 3.65. The normalized spacial score (nSPS) is 13.5. The lowest BCUT2D eigenvalue weighted by molar-refractivity contribution is 0.173. The van der Waals surface area contributed by atoms with Gasteiger partial charge in [0.05, 0.1) is 17.9 Å². The molecule has 1 aliphatic rings. The Morgan fingerprint density at radius 2 is 2.03 bits per heavy atom. The zero-order valence-corrected chi connectivity index (χ0v) is 18.6. The molecule has 2 aromatic carbocycles. The van der Waals surface area contributed by atoms with Crippen LogP contribution in [0.2, 0.25) is 0 Å². The molecule has 1 unspecified atom stereocenters. The van der Waals surface area contributed by atoms with E-state index in [4.69, 9.17) is 14.6 Å². The van der Waals surface area contributed by atoms with Crippen molar-refractivity contribution in [1.29, 1.82) is 5.26 Å². The second-order valence-corrected chi connectivity index (χ2v) is 7.77. The Labute approximate surface area is 185 Å². The number of benzene rings is 2. The van der Waals surface area contributed by atoms with Crippen LogP contribution in [-0.4, -0.2) is 44.2 Å². The standard InChI is InChI=1S/C25H33N3O3/c1-3-30-23-9-4-5-10-24(23)31-19(2)27-12-6-8-20-16-21-11-14-28(13-7-15-29)25(21)22(17-20)18-26/h4-5,9-10,16-17,19,27,29H,3,6-8,11-15H2,1-2H3. The van der Waals surface area contributed by atoms with Gasteiger partial charge in [0, 0.05) is 19.7 Å². The van der Waals surface area contributed by atoms with E-state index in [2.05, 4.69) is 22.4 Å². The third-order valence-electron chi connectivity index (χ3n) is 5.45. The Balaban J connectivity index is 1.51. The van der Waals surface area contributed by atoms with Crippen LogP contribution in [0.5, 0.6) is 11.5 Å². The molecule has 0 spiro atoms.